The molecule has 0 unspecified atom stereocenters. The fourth-order valence-corrected chi connectivity index (χ4v) is 3.35. The van der Waals surface area contributed by atoms with Gasteiger partial charge in [0.2, 0.25) is 0 Å². The standard InChI is InChI=1S/C10H10N2O3S2/c1-5-6-8(16-3-2-13)11-4-12-9(6)17-7(5)10(14)15/h4,13H,2-3H2,1H3,(H,14,15). The first-order chi connectivity index (χ1) is 8.15. The highest BCUT2D eigenvalue weighted by Crippen LogP contribution is 2.34. The summed E-state index contributed by atoms with van der Waals surface area (Å²) >= 11 is 2.55. The summed E-state index contributed by atoms with van der Waals surface area (Å²) in [4.78, 5) is 20.2. The molecule has 0 aliphatic rings. The van der Waals surface area contributed by atoms with E-state index in [0.29, 0.717) is 21.0 Å². The van der Waals surface area contributed by atoms with Crippen molar-refractivity contribution in [1.29, 1.82) is 0 Å². The fourth-order valence-electron chi connectivity index (χ4n) is 1.50. The molecular weight excluding hydrogens is 260 g/mol. The van der Waals surface area contributed by atoms with E-state index in [1.807, 2.05) is 0 Å². The van der Waals surface area contributed by atoms with Crippen LogP contribution in [0.2, 0.25) is 0 Å². The Morgan fingerprint density at radius 2 is 2.29 bits per heavy atom. The highest BCUT2D eigenvalue weighted by Gasteiger charge is 2.18. The van der Waals surface area contributed by atoms with E-state index in [-0.39, 0.29) is 6.61 Å². The number of aliphatic hydroxyl groups is 1. The second-order valence-corrected chi connectivity index (χ2v) is 5.38. The Bertz CT molecular complexity index is 568. The summed E-state index contributed by atoms with van der Waals surface area (Å²) in [6.07, 6.45) is 1.42. The second-order valence-electron chi connectivity index (χ2n) is 3.29. The third-order valence-electron chi connectivity index (χ3n) is 2.22. The molecule has 0 amide bonds. The van der Waals surface area contributed by atoms with Gasteiger partial charge in [0.15, 0.2) is 0 Å². The zero-order valence-electron chi connectivity index (χ0n) is 9.01. The van der Waals surface area contributed by atoms with Crippen LogP contribution in [0.5, 0.6) is 0 Å². The summed E-state index contributed by atoms with van der Waals surface area (Å²) < 4.78 is 0. The third kappa shape index (κ3) is 2.26. The number of aryl methyl sites for hydroxylation is 1. The Morgan fingerprint density at radius 1 is 1.53 bits per heavy atom. The van der Waals surface area contributed by atoms with Gasteiger partial charge in [-0.25, -0.2) is 14.8 Å². The van der Waals surface area contributed by atoms with Crippen molar-refractivity contribution in [3.8, 4) is 0 Å². The van der Waals surface area contributed by atoms with E-state index >= 15 is 0 Å². The van der Waals surface area contributed by atoms with E-state index in [4.69, 9.17) is 10.2 Å². The molecule has 0 aliphatic heterocycles. The highest BCUT2D eigenvalue weighted by atomic mass is 32.2. The zero-order chi connectivity index (χ0) is 12.4. The molecule has 7 heteroatoms. The van der Waals surface area contributed by atoms with Crippen molar-refractivity contribution in [3.63, 3.8) is 0 Å². The van der Waals surface area contributed by atoms with E-state index in [1.165, 1.54) is 18.1 Å². The first kappa shape index (κ1) is 12.3. The first-order valence-electron chi connectivity index (χ1n) is 4.86. The lowest BCUT2D eigenvalue weighted by atomic mass is 10.2. The van der Waals surface area contributed by atoms with Gasteiger partial charge in [-0.3, -0.25) is 0 Å². The Hall–Kier alpha value is -1.18. The molecule has 2 aromatic heterocycles. The number of nitrogens with zero attached hydrogens (tertiary/aromatic N) is 2. The molecule has 0 bridgehead atoms. The van der Waals surface area contributed by atoms with Gasteiger partial charge >= 0.3 is 5.97 Å². The van der Waals surface area contributed by atoms with Gasteiger partial charge in [0, 0.05) is 11.1 Å². The minimum absolute atomic E-state index is 0.0607. The molecule has 0 aromatic carbocycles. The summed E-state index contributed by atoms with van der Waals surface area (Å²) in [5.41, 5.74) is 0.693. The Balaban J connectivity index is 2.58. The van der Waals surface area contributed by atoms with Crippen LogP contribution in [-0.2, 0) is 0 Å². The van der Waals surface area contributed by atoms with Gasteiger partial charge in [-0.2, -0.15) is 0 Å². The maximum absolute atomic E-state index is 11.0. The topological polar surface area (TPSA) is 83.3 Å². The Labute approximate surface area is 106 Å². The van der Waals surface area contributed by atoms with Crippen LogP contribution >= 0.6 is 23.1 Å². The maximum Gasteiger partial charge on any atom is 0.346 e. The largest absolute Gasteiger partial charge is 0.477 e. The van der Waals surface area contributed by atoms with Crippen molar-refractivity contribution in [2.24, 2.45) is 0 Å². The molecule has 2 rings (SSSR count). The maximum atomic E-state index is 11.0. The smallest absolute Gasteiger partial charge is 0.346 e. The monoisotopic (exact) mass is 270 g/mol. The number of aromatic carboxylic acids is 1. The van der Waals surface area contributed by atoms with Gasteiger partial charge in [-0.1, -0.05) is 0 Å². The molecule has 2 heterocycles. The van der Waals surface area contributed by atoms with Gasteiger partial charge in [0.1, 0.15) is 21.1 Å². The molecule has 0 saturated carbocycles. The predicted octanol–water partition coefficient (Wildman–Crippen LogP) is 1.78. The van der Waals surface area contributed by atoms with Gasteiger partial charge in [-0.05, 0) is 12.5 Å². The quantitative estimate of drug-likeness (QED) is 0.651. The van der Waals surface area contributed by atoms with Crippen LogP contribution in [-0.4, -0.2) is 38.5 Å². The van der Waals surface area contributed by atoms with Gasteiger partial charge in [0.05, 0.1) is 6.61 Å². The molecule has 90 valence electrons. The molecular formula is C10H10N2O3S2. The third-order valence-corrected chi connectivity index (χ3v) is 4.37. The number of hydrogen-bond donors (Lipinski definition) is 2. The highest BCUT2D eigenvalue weighted by molar-refractivity contribution is 7.99. The van der Waals surface area contributed by atoms with Crippen LogP contribution < -0.4 is 0 Å². The van der Waals surface area contributed by atoms with E-state index in [2.05, 4.69) is 9.97 Å². The lowest BCUT2D eigenvalue weighted by molar-refractivity contribution is 0.0701. The molecule has 0 atom stereocenters. The number of fused-ring (bicyclic) bond motifs is 1. The number of aromatic nitrogens is 2. The van der Waals surface area contributed by atoms with E-state index in [1.54, 1.807) is 6.92 Å². The number of carboxylic acid groups (broad SMARTS) is 1. The second kappa shape index (κ2) is 4.99. The van der Waals surface area contributed by atoms with Gasteiger partial charge in [0.25, 0.3) is 0 Å². The van der Waals surface area contributed by atoms with E-state index < -0.39 is 5.97 Å². The summed E-state index contributed by atoms with van der Waals surface area (Å²) in [7, 11) is 0. The molecule has 0 spiro atoms. The van der Waals surface area contributed by atoms with Crippen molar-refractivity contribution in [3.05, 3.63) is 16.8 Å². The molecule has 0 radical (unpaired) electrons. The van der Waals surface area contributed by atoms with Crippen LogP contribution in [0.4, 0.5) is 0 Å². The number of carbonyl (C=O) groups is 1. The molecule has 5 nitrogen and oxygen atoms in total. The van der Waals surface area contributed by atoms with Gasteiger partial charge in [-0.15, -0.1) is 23.1 Å². The zero-order valence-corrected chi connectivity index (χ0v) is 10.6. The van der Waals surface area contributed by atoms with Crippen LogP contribution in [0.25, 0.3) is 10.2 Å². The van der Waals surface area contributed by atoms with Crippen LogP contribution in [0.15, 0.2) is 11.4 Å². The number of hydrogen-bond acceptors (Lipinski definition) is 6. The van der Waals surface area contributed by atoms with Crippen LogP contribution in [0, 0.1) is 6.92 Å². The Morgan fingerprint density at radius 3 is 2.94 bits per heavy atom. The number of thioether (sulfide) groups is 1. The number of carboxylic acids is 1. The van der Waals surface area contributed by atoms with Crippen molar-refractivity contribution in [2.75, 3.05) is 12.4 Å². The average molecular weight is 270 g/mol. The van der Waals surface area contributed by atoms with Crippen molar-refractivity contribution < 1.29 is 15.0 Å². The minimum atomic E-state index is -0.941. The van der Waals surface area contributed by atoms with Crippen LogP contribution in [0.1, 0.15) is 15.2 Å². The normalized spacial score (nSPS) is 10.9. The molecule has 0 saturated heterocycles. The molecule has 17 heavy (non-hydrogen) atoms. The fraction of sp³-hybridized carbons (Fsp3) is 0.300. The van der Waals surface area contributed by atoms with E-state index in [0.717, 1.165) is 21.7 Å². The lowest BCUT2D eigenvalue weighted by Gasteiger charge is -2.00. The van der Waals surface area contributed by atoms with Crippen molar-refractivity contribution in [1.82, 2.24) is 9.97 Å². The number of aliphatic hydroxyl groups excluding tert-OH is 1. The minimum Gasteiger partial charge on any atom is -0.477 e. The SMILES string of the molecule is Cc1c(C(=O)O)sc2ncnc(SCCO)c12. The molecule has 0 fully saturated rings. The Kier molecular flexibility index (Phi) is 3.60. The summed E-state index contributed by atoms with van der Waals surface area (Å²) in [6.45, 7) is 1.82. The molecule has 2 aromatic rings. The molecule has 2 N–H and O–H groups in total. The van der Waals surface area contributed by atoms with Crippen LogP contribution in [0.3, 0.4) is 0 Å². The van der Waals surface area contributed by atoms with Crippen molar-refractivity contribution in [2.45, 2.75) is 11.9 Å². The van der Waals surface area contributed by atoms with E-state index in [9.17, 15) is 4.79 Å². The molecule has 0 aliphatic carbocycles. The van der Waals surface area contributed by atoms with Gasteiger partial charge < -0.3 is 10.2 Å². The summed E-state index contributed by atoms with van der Waals surface area (Å²) in [5.74, 6) is -0.410. The summed E-state index contributed by atoms with van der Waals surface area (Å²) in [5, 5.41) is 19.4. The number of thiophene rings is 1. The van der Waals surface area contributed by atoms with Crippen molar-refractivity contribution >= 4 is 39.3 Å². The number of rotatable bonds is 4. The first-order valence-corrected chi connectivity index (χ1v) is 6.66. The lowest BCUT2D eigenvalue weighted by Crippen LogP contribution is -1.94. The summed E-state index contributed by atoms with van der Waals surface area (Å²) in [6, 6.07) is 0. The average Bonchev–Trinajstić information content (AvgIpc) is 2.65. The predicted molar refractivity (Wildman–Crippen MR) is 66.9 cm³/mol.